The topological polar surface area (TPSA) is 77.3 Å². The van der Waals surface area contributed by atoms with Gasteiger partial charge in [-0.2, -0.15) is 0 Å². The van der Waals surface area contributed by atoms with Gasteiger partial charge in [-0.3, -0.25) is 4.90 Å². The summed E-state index contributed by atoms with van der Waals surface area (Å²) in [6, 6.07) is 1.82. The summed E-state index contributed by atoms with van der Waals surface area (Å²) < 4.78 is 14.2. The molecule has 140 valence electrons. The number of aryl methyl sites for hydroxylation is 1. The van der Waals surface area contributed by atoms with Gasteiger partial charge in [0.05, 0.1) is 31.8 Å². The molecule has 8 heteroatoms. The molecule has 0 aliphatic carbocycles. The second-order valence-corrected chi connectivity index (χ2v) is 7.28. The molecule has 2 aliphatic heterocycles. The molecule has 2 aromatic heterocycles. The maximum absolute atomic E-state index is 6.27. The Bertz CT molecular complexity index is 709. The van der Waals surface area contributed by atoms with Crippen LogP contribution in [0.3, 0.4) is 0 Å². The Morgan fingerprint density at radius 2 is 2.23 bits per heavy atom. The smallest absolute Gasteiger partial charge is 0.222 e. The van der Waals surface area contributed by atoms with Crippen LogP contribution in [-0.4, -0.2) is 69.5 Å². The molecule has 4 rings (SSSR count). The second-order valence-electron chi connectivity index (χ2n) is 7.28. The van der Waals surface area contributed by atoms with Gasteiger partial charge in [-0.1, -0.05) is 0 Å². The number of hydrogen-bond acceptors (Lipinski definition) is 7. The van der Waals surface area contributed by atoms with Crippen LogP contribution in [0.1, 0.15) is 12.1 Å². The standard InChI is InChI=1S/C18H26N6O2/c1-23-14-19-9-16(23)10-24-5-6-25-13-18(12-24)7-15(11-26-18)8-22-17-20-3-2-4-21-17/h2-4,9,14-15H,5-8,10-13H2,1H3,(H,20,21,22)/t15-,18+/m1/s1. The van der Waals surface area contributed by atoms with E-state index in [-0.39, 0.29) is 5.60 Å². The summed E-state index contributed by atoms with van der Waals surface area (Å²) in [4.78, 5) is 15.1. The maximum Gasteiger partial charge on any atom is 0.222 e. The van der Waals surface area contributed by atoms with Crippen molar-refractivity contribution < 1.29 is 9.47 Å². The Hall–Kier alpha value is -2.03. The Morgan fingerprint density at radius 1 is 1.35 bits per heavy atom. The summed E-state index contributed by atoms with van der Waals surface area (Å²) in [7, 11) is 2.03. The maximum atomic E-state index is 6.27. The van der Waals surface area contributed by atoms with Gasteiger partial charge in [0, 0.05) is 57.7 Å². The van der Waals surface area contributed by atoms with Crippen molar-refractivity contribution in [3.63, 3.8) is 0 Å². The molecule has 2 atom stereocenters. The Kier molecular flexibility index (Phi) is 5.14. The Morgan fingerprint density at radius 3 is 3.04 bits per heavy atom. The molecule has 8 nitrogen and oxygen atoms in total. The van der Waals surface area contributed by atoms with Crippen molar-refractivity contribution in [2.24, 2.45) is 13.0 Å². The molecule has 26 heavy (non-hydrogen) atoms. The number of nitrogens with zero attached hydrogens (tertiary/aromatic N) is 5. The van der Waals surface area contributed by atoms with Gasteiger partial charge in [0.1, 0.15) is 5.60 Å². The number of aromatic nitrogens is 4. The van der Waals surface area contributed by atoms with E-state index in [1.165, 1.54) is 5.69 Å². The molecule has 0 unspecified atom stereocenters. The highest BCUT2D eigenvalue weighted by molar-refractivity contribution is 5.22. The minimum absolute atomic E-state index is 0.223. The fourth-order valence-corrected chi connectivity index (χ4v) is 3.79. The fourth-order valence-electron chi connectivity index (χ4n) is 3.79. The number of hydrogen-bond donors (Lipinski definition) is 1. The third-order valence-electron chi connectivity index (χ3n) is 5.13. The van der Waals surface area contributed by atoms with Gasteiger partial charge in [-0.15, -0.1) is 0 Å². The summed E-state index contributed by atoms with van der Waals surface area (Å²) in [6.07, 6.45) is 8.25. The molecule has 0 radical (unpaired) electrons. The number of anilines is 1. The molecule has 4 heterocycles. The summed E-state index contributed by atoms with van der Waals surface area (Å²) in [5, 5.41) is 3.31. The van der Waals surface area contributed by atoms with Crippen molar-refractivity contribution in [1.82, 2.24) is 24.4 Å². The van der Waals surface area contributed by atoms with Crippen LogP contribution in [0.25, 0.3) is 0 Å². The van der Waals surface area contributed by atoms with Gasteiger partial charge in [0.2, 0.25) is 5.95 Å². The minimum atomic E-state index is -0.223. The minimum Gasteiger partial charge on any atom is -0.377 e. The van der Waals surface area contributed by atoms with E-state index in [1.54, 1.807) is 12.4 Å². The summed E-state index contributed by atoms with van der Waals surface area (Å²) in [5.41, 5.74) is 0.985. The lowest BCUT2D eigenvalue weighted by Crippen LogP contribution is -2.44. The molecule has 0 aromatic carbocycles. The lowest BCUT2D eigenvalue weighted by molar-refractivity contribution is -0.0563. The van der Waals surface area contributed by atoms with Gasteiger partial charge >= 0.3 is 0 Å². The highest BCUT2D eigenvalue weighted by Crippen LogP contribution is 2.33. The molecule has 1 spiro atoms. The van der Waals surface area contributed by atoms with E-state index in [2.05, 4.69) is 29.7 Å². The van der Waals surface area contributed by atoms with Crippen LogP contribution >= 0.6 is 0 Å². The molecule has 2 fully saturated rings. The monoisotopic (exact) mass is 358 g/mol. The number of rotatable bonds is 5. The van der Waals surface area contributed by atoms with Crippen LogP contribution in [0, 0.1) is 5.92 Å². The molecule has 0 saturated carbocycles. The van der Waals surface area contributed by atoms with Crippen LogP contribution in [0.2, 0.25) is 0 Å². The first-order valence-electron chi connectivity index (χ1n) is 9.13. The first-order chi connectivity index (χ1) is 12.7. The van der Waals surface area contributed by atoms with Crippen molar-refractivity contribution in [1.29, 1.82) is 0 Å². The van der Waals surface area contributed by atoms with E-state index in [0.717, 1.165) is 45.8 Å². The van der Waals surface area contributed by atoms with Gasteiger partial charge < -0.3 is 19.4 Å². The second kappa shape index (κ2) is 7.69. The van der Waals surface area contributed by atoms with Crippen LogP contribution < -0.4 is 5.32 Å². The molecule has 1 N–H and O–H groups in total. The van der Waals surface area contributed by atoms with Crippen molar-refractivity contribution in [2.75, 3.05) is 44.8 Å². The van der Waals surface area contributed by atoms with Crippen LogP contribution in [-0.2, 0) is 23.1 Å². The predicted octanol–water partition coefficient (Wildman–Crippen LogP) is 0.930. The lowest BCUT2D eigenvalue weighted by atomic mass is 9.94. The highest BCUT2D eigenvalue weighted by Gasteiger charge is 2.43. The Labute approximate surface area is 153 Å². The molecular formula is C18H26N6O2. The van der Waals surface area contributed by atoms with Crippen LogP contribution in [0.15, 0.2) is 31.0 Å². The SMILES string of the molecule is Cn1cncc1CN1CCOC[C@]2(C[C@H](CNc3ncccn3)CO2)C1. The largest absolute Gasteiger partial charge is 0.377 e. The zero-order chi connectivity index (χ0) is 17.8. The summed E-state index contributed by atoms with van der Waals surface area (Å²) in [6.45, 7) is 5.62. The molecule has 2 aliphatic rings. The van der Waals surface area contributed by atoms with E-state index in [9.17, 15) is 0 Å². The van der Waals surface area contributed by atoms with Crippen LogP contribution in [0.4, 0.5) is 5.95 Å². The van der Waals surface area contributed by atoms with E-state index in [1.807, 2.05) is 25.6 Å². The van der Waals surface area contributed by atoms with Crippen molar-refractivity contribution >= 4 is 5.95 Å². The third kappa shape index (κ3) is 4.03. The summed E-state index contributed by atoms with van der Waals surface area (Å²) >= 11 is 0. The molecular weight excluding hydrogens is 332 g/mol. The average molecular weight is 358 g/mol. The lowest BCUT2D eigenvalue weighted by Gasteiger charge is -2.31. The van der Waals surface area contributed by atoms with Crippen molar-refractivity contribution in [3.8, 4) is 0 Å². The van der Waals surface area contributed by atoms with Gasteiger partial charge in [-0.25, -0.2) is 15.0 Å². The molecule has 2 saturated heterocycles. The number of nitrogens with one attached hydrogen (secondary N) is 1. The number of ether oxygens (including phenoxy) is 2. The first kappa shape index (κ1) is 17.4. The normalized spacial score (nSPS) is 26.9. The first-order valence-corrected chi connectivity index (χ1v) is 9.13. The predicted molar refractivity (Wildman–Crippen MR) is 96.6 cm³/mol. The fraction of sp³-hybridized carbons (Fsp3) is 0.611. The van der Waals surface area contributed by atoms with E-state index in [4.69, 9.17) is 9.47 Å². The van der Waals surface area contributed by atoms with Crippen molar-refractivity contribution in [3.05, 3.63) is 36.7 Å². The van der Waals surface area contributed by atoms with E-state index < -0.39 is 0 Å². The Balaban J connectivity index is 1.35. The van der Waals surface area contributed by atoms with Gasteiger partial charge in [0.25, 0.3) is 0 Å². The van der Waals surface area contributed by atoms with Crippen molar-refractivity contribution in [2.45, 2.75) is 18.6 Å². The van der Waals surface area contributed by atoms with E-state index in [0.29, 0.717) is 18.5 Å². The molecule has 2 aromatic rings. The van der Waals surface area contributed by atoms with Gasteiger partial charge in [0.15, 0.2) is 0 Å². The quantitative estimate of drug-likeness (QED) is 0.852. The zero-order valence-corrected chi connectivity index (χ0v) is 15.2. The number of imidazole rings is 1. The molecule has 0 bridgehead atoms. The van der Waals surface area contributed by atoms with E-state index >= 15 is 0 Å². The highest BCUT2D eigenvalue weighted by atomic mass is 16.5. The van der Waals surface area contributed by atoms with Gasteiger partial charge in [-0.05, 0) is 12.5 Å². The summed E-state index contributed by atoms with van der Waals surface area (Å²) in [5.74, 6) is 1.10. The van der Waals surface area contributed by atoms with Crippen LogP contribution in [0.5, 0.6) is 0 Å². The average Bonchev–Trinajstić information content (AvgIpc) is 3.18. The third-order valence-corrected chi connectivity index (χ3v) is 5.13. The molecule has 0 amide bonds. The zero-order valence-electron chi connectivity index (χ0n) is 15.2.